The lowest BCUT2D eigenvalue weighted by atomic mass is 10.0. The quantitative estimate of drug-likeness (QED) is 0.723. The van der Waals surface area contributed by atoms with Crippen molar-refractivity contribution in [2.75, 3.05) is 13.7 Å². The lowest BCUT2D eigenvalue weighted by molar-refractivity contribution is -0.145. The summed E-state index contributed by atoms with van der Waals surface area (Å²) in [6, 6.07) is 3.07. The topological polar surface area (TPSA) is 102 Å². The van der Waals surface area contributed by atoms with E-state index in [4.69, 9.17) is 16.3 Å². The molecule has 0 aliphatic carbocycles. The van der Waals surface area contributed by atoms with Gasteiger partial charge in [0.1, 0.15) is 17.4 Å². The zero-order valence-electron chi connectivity index (χ0n) is 13.7. The van der Waals surface area contributed by atoms with E-state index in [-0.39, 0.29) is 22.3 Å². The van der Waals surface area contributed by atoms with Crippen LogP contribution in [0.1, 0.15) is 30.6 Å². The standard InChI is InChI=1S/C16H20ClNO6/c1-9(2)6-12(16(22)23-3)18-14(20)8-24-15(21)11-5-4-10(17)7-13(11)19/h4-5,7,9,12,19H,6,8H2,1-3H3,(H,18,20)/t12-/m0/s1. The highest BCUT2D eigenvalue weighted by atomic mass is 35.5. The molecular weight excluding hydrogens is 338 g/mol. The van der Waals surface area contributed by atoms with E-state index < -0.39 is 30.5 Å². The number of hydrogen-bond acceptors (Lipinski definition) is 6. The van der Waals surface area contributed by atoms with Gasteiger partial charge >= 0.3 is 11.9 Å². The molecule has 0 aromatic heterocycles. The first-order valence-corrected chi connectivity index (χ1v) is 7.65. The summed E-state index contributed by atoms with van der Waals surface area (Å²) >= 11 is 5.67. The van der Waals surface area contributed by atoms with Gasteiger partial charge in [-0.1, -0.05) is 25.4 Å². The van der Waals surface area contributed by atoms with Gasteiger partial charge in [-0.2, -0.15) is 0 Å². The third kappa shape index (κ3) is 6.08. The fourth-order valence-corrected chi connectivity index (χ4v) is 2.12. The maximum atomic E-state index is 11.9. The van der Waals surface area contributed by atoms with Crippen LogP contribution in [-0.2, 0) is 19.1 Å². The second-order valence-corrected chi connectivity index (χ2v) is 5.95. The van der Waals surface area contributed by atoms with Gasteiger partial charge < -0.3 is 19.9 Å². The van der Waals surface area contributed by atoms with E-state index in [9.17, 15) is 19.5 Å². The molecule has 0 fully saturated rings. The Morgan fingerprint density at radius 1 is 1.29 bits per heavy atom. The normalized spacial score (nSPS) is 11.7. The number of carbonyl (C=O) groups excluding carboxylic acids is 3. The molecule has 0 unspecified atom stereocenters. The van der Waals surface area contributed by atoms with Crippen molar-refractivity contribution in [1.82, 2.24) is 5.32 Å². The number of carbonyl (C=O) groups is 3. The van der Waals surface area contributed by atoms with Gasteiger partial charge in [0.05, 0.1) is 7.11 Å². The first-order chi connectivity index (χ1) is 11.2. The van der Waals surface area contributed by atoms with Gasteiger partial charge in [0.25, 0.3) is 5.91 Å². The van der Waals surface area contributed by atoms with Crippen LogP contribution in [0.4, 0.5) is 0 Å². The summed E-state index contributed by atoms with van der Waals surface area (Å²) in [4.78, 5) is 35.3. The minimum Gasteiger partial charge on any atom is -0.507 e. The number of halogens is 1. The van der Waals surface area contributed by atoms with Crippen molar-refractivity contribution >= 4 is 29.4 Å². The number of methoxy groups -OCH3 is 1. The summed E-state index contributed by atoms with van der Waals surface area (Å²) in [5.41, 5.74) is -0.112. The zero-order valence-corrected chi connectivity index (χ0v) is 14.4. The minimum atomic E-state index is -0.877. The van der Waals surface area contributed by atoms with E-state index in [1.165, 1.54) is 25.3 Å². The average molecular weight is 358 g/mol. The van der Waals surface area contributed by atoms with E-state index >= 15 is 0 Å². The van der Waals surface area contributed by atoms with Crippen LogP contribution >= 0.6 is 11.6 Å². The summed E-state index contributed by atoms with van der Waals surface area (Å²) in [5, 5.41) is 12.3. The molecule has 1 aromatic carbocycles. The Morgan fingerprint density at radius 3 is 2.50 bits per heavy atom. The van der Waals surface area contributed by atoms with Gasteiger partial charge in [-0.25, -0.2) is 9.59 Å². The van der Waals surface area contributed by atoms with Gasteiger partial charge in [0.2, 0.25) is 0 Å². The average Bonchev–Trinajstić information content (AvgIpc) is 2.50. The smallest absolute Gasteiger partial charge is 0.342 e. The molecule has 0 aliphatic rings. The Bertz CT molecular complexity index is 617. The molecule has 0 radical (unpaired) electrons. The van der Waals surface area contributed by atoms with Crippen LogP contribution in [0.15, 0.2) is 18.2 Å². The van der Waals surface area contributed by atoms with Crippen LogP contribution in [0, 0.1) is 5.92 Å². The predicted molar refractivity (Wildman–Crippen MR) is 86.8 cm³/mol. The van der Waals surface area contributed by atoms with Crippen LogP contribution in [0.2, 0.25) is 5.02 Å². The summed E-state index contributed by atoms with van der Waals surface area (Å²) < 4.78 is 9.45. The number of phenols is 1. The Labute approximate surface area is 144 Å². The molecule has 1 amide bonds. The van der Waals surface area contributed by atoms with Gasteiger partial charge in [0.15, 0.2) is 6.61 Å². The third-order valence-electron chi connectivity index (χ3n) is 3.04. The van der Waals surface area contributed by atoms with Crippen molar-refractivity contribution < 1.29 is 29.0 Å². The molecule has 132 valence electrons. The Balaban J connectivity index is 2.60. The first kappa shape index (κ1) is 19.8. The second kappa shape index (κ2) is 9.12. The molecule has 0 saturated heterocycles. The van der Waals surface area contributed by atoms with Crippen molar-refractivity contribution in [1.29, 1.82) is 0 Å². The molecule has 0 spiro atoms. The highest BCUT2D eigenvalue weighted by Gasteiger charge is 2.23. The highest BCUT2D eigenvalue weighted by molar-refractivity contribution is 6.30. The van der Waals surface area contributed by atoms with Crippen LogP contribution in [0.3, 0.4) is 0 Å². The summed E-state index contributed by atoms with van der Waals surface area (Å²) in [7, 11) is 1.23. The monoisotopic (exact) mass is 357 g/mol. The van der Waals surface area contributed by atoms with E-state index in [2.05, 4.69) is 10.1 Å². The number of amides is 1. The molecule has 2 N–H and O–H groups in total. The number of benzene rings is 1. The minimum absolute atomic E-state index is 0.112. The lowest BCUT2D eigenvalue weighted by Gasteiger charge is -2.18. The number of esters is 2. The number of rotatable bonds is 7. The van der Waals surface area contributed by atoms with E-state index in [0.717, 1.165) is 0 Å². The number of nitrogens with one attached hydrogen (secondary N) is 1. The largest absolute Gasteiger partial charge is 0.507 e. The number of ether oxygens (including phenoxy) is 2. The summed E-state index contributed by atoms with van der Waals surface area (Å²) in [6.45, 7) is 3.20. The van der Waals surface area contributed by atoms with Crippen LogP contribution < -0.4 is 5.32 Å². The first-order valence-electron chi connectivity index (χ1n) is 7.27. The maximum Gasteiger partial charge on any atom is 0.342 e. The van der Waals surface area contributed by atoms with Crippen LogP contribution in [0.25, 0.3) is 0 Å². The molecule has 1 aromatic rings. The maximum absolute atomic E-state index is 11.9. The summed E-state index contributed by atoms with van der Waals surface area (Å²) in [5.74, 6) is -2.28. The van der Waals surface area contributed by atoms with Crippen LogP contribution in [-0.4, -0.2) is 42.7 Å². The SMILES string of the molecule is COC(=O)[C@H](CC(C)C)NC(=O)COC(=O)c1ccc(Cl)cc1O. The molecule has 1 atom stereocenters. The van der Waals surface area contributed by atoms with Crippen molar-refractivity contribution in [3.05, 3.63) is 28.8 Å². The van der Waals surface area contributed by atoms with E-state index in [1.54, 1.807) is 0 Å². The number of aromatic hydroxyl groups is 1. The van der Waals surface area contributed by atoms with Gasteiger partial charge in [-0.3, -0.25) is 4.79 Å². The molecule has 8 heteroatoms. The van der Waals surface area contributed by atoms with Crippen molar-refractivity contribution in [3.63, 3.8) is 0 Å². The Morgan fingerprint density at radius 2 is 1.96 bits per heavy atom. The second-order valence-electron chi connectivity index (χ2n) is 5.51. The zero-order chi connectivity index (χ0) is 18.3. The third-order valence-corrected chi connectivity index (χ3v) is 3.28. The molecular formula is C16H20ClNO6. The van der Waals surface area contributed by atoms with Crippen molar-refractivity contribution in [2.24, 2.45) is 5.92 Å². The highest BCUT2D eigenvalue weighted by Crippen LogP contribution is 2.22. The fraction of sp³-hybridized carbons (Fsp3) is 0.438. The molecule has 24 heavy (non-hydrogen) atoms. The molecule has 0 bridgehead atoms. The molecule has 0 saturated carbocycles. The Kier molecular flexibility index (Phi) is 7.51. The van der Waals surface area contributed by atoms with Crippen molar-refractivity contribution in [3.8, 4) is 5.75 Å². The molecule has 0 heterocycles. The molecule has 0 aliphatic heterocycles. The summed E-state index contributed by atoms with van der Waals surface area (Å²) in [6.07, 6.45) is 0.393. The fourth-order valence-electron chi connectivity index (χ4n) is 1.95. The number of phenolic OH excluding ortho intramolecular Hbond substituents is 1. The molecule has 7 nitrogen and oxygen atoms in total. The predicted octanol–water partition coefficient (Wildman–Crippen LogP) is 1.91. The van der Waals surface area contributed by atoms with Crippen molar-refractivity contribution in [2.45, 2.75) is 26.3 Å². The number of hydrogen-bond donors (Lipinski definition) is 2. The molecule has 1 rings (SSSR count). The van der Waals surface area contributed by atoms with E-state index in [0.29, 0.717) is 6.42 Å². The van der Waals surface area contributed by atoms with Gasteiger partial charge in [-0.05, 0) is 30.5 Å². The van der Waals surface area contributed by atoms with Gasteiger partial charge in [0, 0.05) is 5.02 Å². The van der Waals surface area contributed by atoms with Gasteiger partial charge in [-0.15, -0.1) is 0 Å². The van der Waals surface area contributed by atoms with E-state index in [1.807, 2.05) is 13.8 Å². The lowest BCUT2D eigenvalue weighted by Crippen LogP contribution is -2.44. The van der Waals surface area contributed by atoms with Crippen LogP contribution in [0.5, 0.6) is 5.75 Å². The Hall–Kier alpha value is -2.28.